The van der Waals surface area contributed by atoms with Crippen molar-refractivity contribution >= 4 is 0 Å². The van der Waals surface area contributed by atoms with E-state index in [4.69, 9.17) is 5.73 Å². The van der Waals surface area contributed by atoms with Crippen molar-refractivity contribution in [3.05, 3.63) is 0 Å². The van der Waals surface area contributed by atoms with Crippen LogP contribution in [0.4, 0.5) is 0 Å². The maximum absolute atomic E-state index is 5.67. The largest absolute Gasteiger partial charge is 0.330 e. The summed E-state index contributed by atoms with van der Waals surface area (Å²) in [6.07, 6.45) is 2.46. The van der Waals surface area contributed by atoms with Crippen LogP contribution in [0, 0.1) is 5.92 Å². The molecule has 0 aromatic rings. The summed E-state index contributed by atoms with van der Waals surface area (Å²) in [7, 11) is 0. The van der Waals surface area contributed by atoms with E-state index in [1.54, 1.807) is 0 Å². The maximum atomic E-state index is 5.67. The predicted molar refractivity (Wildman–Crippen MR) is 59.8 cm³/mol. The molecule has 2 nitrogen and oxygen atoms in total. The zero-order valence-electron chi connectivity index (χ0n) is 9.71. The van der Waals surface area contributed by atoms with Crippen LogP contribution in [0.5, 0.6) is 0 Å². The van der Waals surface area contributed by atoms with Crippen molar-refractivity contribution in [2.45, 2.75) is 46.6 Å². The maximum Gasteiger partial charge on any atom is 0.00384 e. The molecule has 0 radical (unpaired) electrons. The van der Waals surface area contributed by atoms with E-state index in [1.165, 1.54) is 19.4 Å². The summed E-state index contributed by atoms with van der Waals surface area (Å²) >= 11 is 0. The topological polar surface area (TPSA) is 29.3 Å². The summed E-state index contributed by atoms with van der Waals surface area (Å²) in [6, 6.07) is 0.667. The highest BCUT2D eigenvalue weighted by Crippen LogP contribution is 2.08. The Kier molecular flexibility index (Phi) is 7.29. The first-order chi connectivity index (χ1) is 6.15. The molecular weight excluding hydrogens is 160 g/mol. The molecule has 1 atom stereocenters. The first-order valence-electron chi connectivity index (χ1n) is 5.59. The van der Waals surface area contributed by atoms with Crippen LogP contribution in [0.25, 0.3) is 0 Å². The lowest BCUT2D eigenvalue weighted by Gasteiger charge is -2.26. The lowest BCUT2D eigenvalue weighted by molar-refractivity contribution is 0.215. The van der Waals surface area contributed by atoms with E-state index < -0.39 is 0 Å². The average Bonchev–Trinajstić information content (AvgIpc) is 2.12. The van der Waals surface area contributed by atoms with Crippen molar-refractivity contribution in [2.24, 2.45) is 11.7 Å². The highest BCUT2D eigenvalue weighted by Gasteiger charge is 2.09. The summed E-state index contributed by atoms with van der Waals surface area (Å²) in [4.78, 5) is 2.50. The molecule has 0 saturated heterocycles. The van der Waals surface area contributed by atoms with Gasteiger partial charge < -0.3 is 10.6 Å². The van der Waals surface area contributed by atoms with Crippen molar-refractivity contribution in [1.29, 1.82) is 0 Å². The molecular formula is C11H26N2. The number of hydrogen-bond donors (Lipinski definition) is 1. The minimum atomic E-state index is 0.667. The number of hydrogen-bond acceptors (Lipinski definition) is 2. The third-order valence-electron chi connectivity index (χ3n) is 2.87. The van der Waals surface area contributed by atoms with Crippen molar-refractivity contribution in [1.82, 2.24) is 4.90 Å². The lowest BCUT2D eigenvalue weighted by atomic mass is 10.0. The molecule has 0 heterocycles. The Labute approximate surface area is 83.5 Å². The molecule has 2 heteroatoms. The highest BCUT2D eigenvalue weighted by molar-refractivity contribution is 4.65. The second-order valence-electron chi connectivity index (χ2n) is 4.02. The van der Waals surface area contributed by atoms with Crippen LogP contribution < -0.4 is 5.73 Å². The van der Waals surface area contributed by atoms with Crippen LogP contribution >= 0.6 is 0 Å². The smallest absolute Gasteiger partial charge is 0.00384 e. The van der Waals surface area contributed by atoms with Crippen molar-refractivity contribution in [2.75, 3.05) is 19.6 Å². The number of rotatable bonds is 7. The normalized spacial score (nSPS) is 14.1. The molecule has 0 aliphatic heterocycles. The van der Waals surface area contributed by atoms with Gasteiger partial charge in [0.2, 0.25) is 0 Å². The molecule has 0 aliphatic carbocycles. The van der Waals surface area contributed by atoms with Gasteiger partial charge in [0, 0.05) is 6.04 Å². The highest BCUT2D eigenvalue weighted by atomic mass is 15.1. The van der Waals surface area contributed by atoms with Gasteiger partial charge in [-0.3, -0.25) is 0 Å². The molecule has 2 N–H and O–H groups in total. The van der Waals surface area contributed by atoms with Crippen LogP contribution in [-0.4, -0.2) is 30.6 Å². The van der Waals surface area contributed by atoms with E-state index >= 15 is 0 Å². The monoisotopic (exact) mass is 186 g/mol. The molecule has 80 valence electrons. The minimum absolute atomic E-state index is 0.667. The molecule has 0 rings (SSSR count). The van der Waals surface area contributed by atoms with Crippen molar-refractivity contribution < 1.29 is 0 Å². The Morgan fingerprint density at radius 2 is 1.85 bits per heavy atom. The fourth-order valence-corrected chi connectivity index (χ4v) is 1.62. The summed E-state index contributed by atoms with van der Waals surface area (Å²) in [5.41, 5.74) is 5.67. The van der Waals surface area contributed by atoms with Gasteiger partial charge in [-0.15, -0.1) is 0 Å². The third-order valence-corrected chi connectivity index (χ3v) is 2.87. The first kappa shape index (κ1) is 12.9. The van der Waals surface area contributed by atoms with Crippen LogP contribution in [-0.2, 0) is 0 Å². The van der Waals surface area contributed by atoms with Gasteiger partial charge in [-0.2, -0.15) is 0 Å². The molecule has 13 heavy (non-hydrogen) atoms. The van der Waals surface area contributed by atoms with Crippen LogP contribution in [0.15, 0.2) is 0 Å². The summed E-state index contributed by atoms with van der Waals surface area (Å²) < 4.78 is 0. The standard InChI is InChI=1S/C11H26N2/c1-5-11(9-12)7-8-13(6-2)10(3)4/h10-11H,5-9,12H2,1-4H3. The van der Waals surface area contributed by atoms with Crippen LogP contribution in [0.3, 0.4) is 0 Å². The van der Waals surface area contributed by atoms with Gasteiger partial charge in [-0.05, 0) is 45.8 Å². The van der Waals surface area contributed by atoms with Gasteiger partial charge in [-0.1, -0.05) is 20.3 Å². The molecule has 0 fully saturated rings. The molecule has 0 bridgehead atoms. The molecule has 1 unspecified atom stereocenters. The van der Waals surface area contributed by atoms with E-state index in [0.29, 0.717) is 12.0 Å². The van der Waals surface area contributed by atoms with Gasteiger partial charge in [0.1, 0.15) is 0 Å². The van der Waals surface area contributed by atoms with E-state index in [0.717, 1.165) is 13.1 Å². The third kappa shape index (κ3) is 5.27. The van der Waals surface area contributed by atoms with E-state index in [-0.39, 0.29) is 0 Å². The first-order valence-corrected chi connectivity index (χ1v) is 5.59. The molecule has 0 aromatic carbocycles. The van der Waals surface area contributed by atoms with E-state index in [2.05, 4.69) is 32.6 Å². The SMILES string of the molecule is CCC(CN)CCN(CC)C(C)C. The molecule has 0 aromatic heterocycles. The predicted octanol–water partition coefficient (Wildman–Crippen LogP) is 2.09. The second kappa shape index (κ2) is 7.34. The minimum Gasteiger partial charge on any atom is -0.330 e. The fraction of sp³-hybridized carbons (Fsp3) is 1.00. The Balaban J connectivity index is 3.69. The number of nitrogens with two attached hydrogens (primary N) is 1. The summed E-state index contributed by atoms with van der Waals surface area (Å²) in [6.45, 7) is 12.2. The molecule has 0 saturated carbocycles. The Morgan fingerprint density at radius 1 is 1.23 bits per heavy atom. The van der Waals surface area contributed by atoms with Gasteiger partial charge in [-0.25, -0.2) is 0 Å². The van der Waals surface area contributed by atoms with Crippen LogP contribution in [0.1, 0.15) is 40.5 Å². The molecule has 0 spiro atoms. The van der Waals surface area contributed by atoms with Crippen molar-refractivity contribution in [3.63, 3.8) is 0 Å². The van der Waals surface area contributed by atoms with Crippen LogP contribution in [0.2, 0.25) is 0 Å². The van der Waals surface area contributed by atoms with E-state index in [9.17, 15) is 0 Å². The lowest BCUT2D eigenvalue weighted by Crippen LogP contribution is -2.33. The summed E-state index contributed by atoms with van der Waals surface area (Å²) in [5.74, 6) is 0.716. The Hall–Kier alpha value is -0.0800. The Bertz CT molecular complexity index is 109. The summed E-state index contributed by atoms with van der Waals surface area (Å²) in [5, 5.41) is 0. The van der Waals surface area contributed by atoms with Gasteiger partial charge in [0.25, 0.3) is 0 Å². The average molecular weight is 186 g/mol. The zero-order valence-corrected chi connectivity index (χ0v) is 9.71. The van der Waals surface area contributed by atoms with Gasteiger partial charge in [0.15, 0.2) is 0 Å². The Morgan fingerprint density at radius 3 is 2.15 bits per heavy atom. The second-order valence-corrected chi connectivity index (χ2v) is 4.02. The number of nitrogens with zero attached hydrogens (tertiary/aromatic N) is 1. The van der Waals surface area contributed by atoms with Gasteiger partial charge >= 0.3 is 0 Å². The van der Waals surface area contributed by atoms with Crippen molar-refractivity contribution in [3.8, 4) is 0 Å². The quantitative estimate of drug-likeness (QED) is 0.659. The molecule has 0 aliphatic rings. The van der Waals surface area contributed by atoms with E-state index in [1.807, 2.05) is 0 Å². The van der Waals surface area contributed by atoms with Gasteiger partial charge in [0.05, 0.1) is 0 Å². The fourth-order valence-electron chi connectivity index (χ4n) is 1.62. The molecule has 0 amide bonds. The zero-order chi connectivity index (χ0) is 10.3.